The molecule has 4 rings (SSSR count). The van der Waals surface area contributed by atoms with Crippen LogP contribution >= 0.6 is 0 Å². The lowest BCUT2D eigenvalue weighted by molar-refractivity contribution is -0.137. The highest BCUT2D eigenvalue weighted by atomic mass is 19.4. The summed E-state index contributed by atoms with van der Waals surface area (Å²) in [4.78, 5) is 4.36. The van der Waals surface area contributed by atoms with Crippen molar-refractivity contribution in [2.24, 2.45) is 0 Å². The van der Waals surface area contributed by atoms with Crippen LogP contribution in [0.3, 0.4) is 0 Å². The Kier molecular flexibility index (Phi) is 4.75. The lowest BCUT2D eigenvalue weighted by Gasteiger charge is -2.28. The molecule has 2 N–H and O–H groups in total. The molecule has 0 saturated heterocycles. The van der Waals surface area contributed by atoms with Gasteiger partial charge in [-0.05, 0) is 47.9 Å². The number of benzene rings is 2. The molecule has 3 aromatic rings. The highest BCUT2D eigenvalue weighted by molar-refractivity contribution is 5.81. The predicted molar refractivity (Wildman–Crippen MR) is 105 cm³/mol. The van der Waals surface area contributed by atoms with E-state index in [1.165, 1.54) is 12.1 Å². The van der Waals surface area contributed by atoms with Gasteiger partial charge in [0.25, 0.3) is 0 Å². The van der Waals surface area contributed by atoms with Crippen LogP contribution in [0.4, 0.5) is 19.0 Å². The predicted octanol–water partition coefficient (Wildman–Crippen LogP) is 5.49. The zero-order valence-corrected chi connectivity index (χ0v) is 15.5. The van der Waals surface area contributed by atoms with Crippen LogP contribution in [0.15, 0.2) is 54.6 Å². The molecule has 0 fully saturated rings. The first-order chi connectivity index (χ1) is 13.9. The Hall–Kier alpha value is -3.33. The van der Waals surface area contributed by atoms with Crippen LogP contribution < -0.4 is 5.73 Å². The lowest BCUT2D eigenvalue weighted by Crippen LogP contribution is -2.18. The van der Waals surface area contributed by atoms with E-state index in [-0.39, 0.29) is 28.4 Å². The maximum atomic E-state index is 13.7. The van der Waals surface area contributed by atoms with Gasteiger partial charge in [-0.3, -0.25) is 0 Å². The molecule has 0 spiro atoms. The number of pyridine rings is 1. The van der Waals surface area contributed by atoms with E-state index >= 15 is 0 Å². The number of nitrogens with two attached hydrogens (primary N) is 1. The molecule has 0 amide bonds. The van der Waals surface area contributed by atoms with Crippen molar-refractivity contribution in [2.75, 3.05) is 5.73 Å². The fourth-order valence-corrected chi connectivity index (χ4v) is 4.15. The number of hydrogen-bond acceptors (Lipinski definition) is 3. The molecule has 3 nitrogen and oxygen atoms in total. The topological polar surface area (TPSA) is 62.7 Å². The first kappa shape index (κ1) is 19.0. The molecule has 0 bridgehead atoms. The van der Waals surface area contributed by atoms with Gasteiger partial charge in [0.1, 0.15) is 17.5 Å². The molecule has 0 saturated carbocycles. The largest absolute Gasteiger partial charge is 0.417 e. The first-order valence-corrected chi connectivity index (χ1v) is 9.33. The van der Waals surface area contributed by atoms with Crippen LogP contribution in [0.2, 0.25) is 0 Å². The number of aromatic nitrogens is 1. The normalized spacial score (nSPS) is 16.1. The highest BCUT2D eigenvalue weighted by Gasteiger charge is 2.36. The highest BCUT2D eigenvalue weighted by Crippen LogP contribution is 2.44. The summed E-state index contributed by atoms with van der Waals surface area (Å²) >= 11 is 0. The lowest BCUT2D eigenvalue weighted by atomic mass is 9.78. The SMILES string of the molecule is N#Cc1c(N)nc2c(c1-c1ccccc1C(F)(F)F)CC(c1ccccc1)CC2. The van der Waals surface area contributed by atoms with E-state index in [4.69, 9.17) is 5.73 Å². The van der Waals surface area contributed by atoms with Crippen molar-refractivity contribution >= 4 is 5.82 Å². The molecule has 1 unspecified atom stereocenters. The number of nitriles is 1. The Bertz CT molecular complexity index is 1100. The van der Waals surface area contributed by atoms with Gasteiger partial charge in [-0.15, -0.1) is 0 Å². The minimum Gasteiger partial charge on any atom is -0.383 e. The number of fused-ring (bicyclic) bond motifs is 1. The molecule has 1 aromatic heterocycles. The van der Waals surface area contributed by atoms with Gasteiger partial charge in [0, 0.05) is 11.3 Å². The van der Waals surface area contributed by atoms with Crippen molar-refractivity contribution in [3.8, 4) is 17.2 Å². The van der Waals surface area contributed by atoms with E-state index in [0.29, 0.717) is 24.1 Å². The number of aryl methyl sites for hydroxylation is 1. The molecule has 1 aliphatic carbocycles. The summed E-state index contributed by atoms with van der Waals surface area (Å²) in [6.45, 7) is 0. The van der Waals surface area contributed by atoms with Crippen LogP contribution in [0.1, 0.15) is 40.3 Å². The average molecular weight is 393 g/mol. The number of alkyl halides is 3. The van der Waals surface area contributed by atoms with Gasteiger partial charge >= 0.3 is 6.18 Å². The maximum absolute atomic E-state index is 13.7. The Balaban J connectivity index is 1.95. The molecule has 1 atom stereocenters. The minimum atomic E-state index is -4.54. The van der Waals surface area contributed by atoms with Crippen molar-refractivity contribution in [1.29, 1.82) is 5.26 Å². The Morgan fingerprint density at radius 1 is 1.03 bits per heavy atom. The maximum Gasteiger partial charge on any atom is 0.417 e. The van der Waals surface area contributed by atoms with Gasteiger partial charge in [-0.1, -0.05) is 48.5 Å². The van der Waals surface area contributed by atoms with Gasteiger partial charge < -0.3 is 5.73 Å². The van der Waals surface area contributed by atoms with Crippen molar-refractivity contribution in [1.82, 2.24) is 4.98 Å². The van der Waals surface area contributed by atoms with Crippen molar-refractivity contribution in [3.05, 3.63) is 82.5 Å². The molecule has 146 valence electrons. The summed E-state index contributed by atoms with van der Waals surface area (Å²) in [6, 6.07) is 17.2. The monoisotopic (exact) mass is 393 g/mol. The molecule has 2 aromatic carbocycles. The van der Waals surface area contributed by atoms with Crippen molar-refractivity contribution in [3.63, 3.8) is 0 Å². The number of halogens is 3. The molecule has 29 heavy (non-hydrogen) atoms. The molecular formula is C23H18F3N3. The molecule has 1 aliphatic rings. The van der Waals surface area contributed by atoms with Crippen LogP contribution in [0, 0.1) is 11.3 Å². The van der Waals surface area contributed by atoms with Crippen LogP contribution in [0.25, 0.3) is 11.1 Å². The van der Waals surface area contributed by atoms with Gasteiger partial charge in [-0.25, -0.2) is 4.98 Å². The minimum absolute atomic E-state index is 0.00848. The second-order valence-corrected chi connectivity index (χ2v) is 7.18. The van der Waals surface area contributed by atoms with E-state index in [1.807, 2.05) is 36.4 Å². The fourth-order valence-electron chi connectivity index (χ4n) is 4.15. The number of hydrogen-bond donors (Lipinski definition) is 1. The summed E-state index contributed by atoms with van der Waals surface area (Å²) in [5.41, 5.74) is 7.97. The summed E-state index contributed by atoms with van der Waals surface area (Å²) in [6.07, 6.45) is -2.59. The summed E-state index contributed by atoms with van der Waals surface area (Å²) in [5, 5.41) is 9.69. The first-order valence-electron chi connectivity index (χ1n) is 9.33. The molecule has 1 heterocycles. The number of nitrogen functional groups attached to an aromatic ring is 1. The zero-order chi connectivity index (χ0) is 20.6. The number of nitrogens with zero attached hydrogens (tertiary/aromatic N) is 2. The molecule has 6 heteroatoms. The summed E-state index contributed by atoms with van der Waals surface area (Å²) < 4.78 is 41.1. The second-order valence-electron chi connectivity index (χ2n) is 7.18. The van der Waals surface area contributed by atoms with Gasteiger partial charge in [0.05, 0.1) is 5.56 Å². The smallest absolute Gasteiger partial charge is 0.383 e. The summed E-state index contributed by atoms with van der Waals surface area (Å²) in [5.74, 6) is 0.133. The van der Waals surface area contributed by atoms with E-state index in [2.05, 4.69) is 4.98 Å². The standard InChI is InChI=1S/C23H18F3N3/c24-23(25,26)19-9-5-4-8-16(19)21-17-12-15(14-6-2-1-3-7-14)10-11-20(17)29-22(28)18(21)13-27/h1-9,15H,10-12H2,(H2,28,29). The van der Waals surface area contributed by atoms with Gasteiger partial charge in [0.15, 0.2) is 0 Å². The van der Waals surface area contributed by atoms with Crippen LogP contribution in [0.5, 0.6) is 0 Å². The van der Waals surface area contributed by atoms with E-state index in [1.54, 1.807) is 6.07 Å². The quantitative estimate of drug-likeness (QED) is 0.626. The third-order valence-corrected chi connectivity index (χ3v) is 5.48. The average Bonchev–Trinajstić information content (AvgIpc) is 2.72. The Morgan fingerprint density at radius 3 is 2.41 bits per heavy atom. The third-order valence-electron chi connectivity index (χ3n) is 5.48. The third kappa shape index (κ3) is 3.44. The van der Waals surface area contributed by atoms with Gasteiger partial charge in [-0.2, -0.15) is 18.4 Å². The fraction of sp³-hybridized carbons (Fsp3) is 0.217. The summed E-state index contributed by atoms with van der Waals surface area (Å²) in [7, 11) is 0. The Labute approximate surface area is 166 Å². The zero-order valence-electron chi connectivity index (χ0n) is 15.5. The van der Waals surface area contributed by atoms with Crippen LogP contribution in [-0.2, 0) is 19.0 Å². The van der Waals surface area contributed by atoms with Crippen molar-refractivity contribution < 1.29 is 13.2 Å². The number of anilines is 1. The molecular weight excluding hydrogens is 375 g/mol. The van der Waals surface area contributed by atoms with Crippen LogP contribution in [-0.4, -0.2) is 4.98 Å². The molecule has 0 radical (unpaired) electrons. The van der Waals surface area contributed by atoms with Crippen molar-refractivity contribution in [2.45, 2.75) is 31.4 Å². The van der Waals surface area contributed by atoms with Gasteiger partial charge in [0.2, 0.25) is 0 Å². The second kappa shape index (κ2) is 7.25. The van der Waals surface area contributed by atoms with E-state index in [0.717, 1.165) is 18.1 Å². The Morgan fingerprint density at radius 2 is 1.72 bits per heavy atom. The van der Waals surface area contributed by atoms with E-state index < -0.39 is 11.7 Å². The number of rotatable bonds is 2. The van der Waals surface area contributed by atoms with E-state index in [9.17, 15) is 18.4 Å². The molecule has 0 aliphatic heterocycles.